The molecule has 0 bridgehead atoms. The van der Waals surface area contributed by atoms with Gasteiger partial charge in [0, 0.05) is 6.20 Å². The van der Waals surface area contributed by atoms with E-state index in [0.29, 0.717) is 24.6 Å². The molecule has 1 fully saturated rings. The number of rotatable bonds is 5. The lowest BCUT2D eigenvalue weighted by Gasteiger charge is -2.30. The number of carbonyl (C=O) groups is 1. The van der Waals surface area contributed by atoms with Crippen molar-refractivity contribution in [3.63, 3.8) is 0 Å². The van der Waals surface area contributed by atoms with Crippen LogP contribution < -0.4 is 5.73 Å². The van der Waals surface area contributed by atoms with Gasteiger partial charge in [0.25, 0.3) is 0 Å². The maximum Gasteiger partial charge on any atom is 0.339 e. The lowest BCUT2D eigenvalue weighted by molar-refractivity contribution is -0.0196. The number of hydrogen-bond donors (Lipinski definition) is 1. The van der Waals surface area contributed by atoms with Gasteiger partial charge in [0.2, 0.25) is 0 Å². The maximum absolute atomic E-state index is 11.3. The maximum atomic E-state index is 11.3. The second kappa shape index (κ2) is 7.36. The van der Waals surface area contributed by atoms with E-state index in [1.807, 2.05) is 0 Å². The average molecular weight is 278 g/mol. The van der Waals surface area contributed by atoms with Gasteiger partial charge in [0.05, 0.1) is 31.1 Å². The third-order valence-electron chi connectivity index (χ3n) is 3.83. The van der Waals surface area contributed by atoms with Crippen molar-refractivity contribution in [3.8, 4) is 0 Å². The normalized spacial score (nSPS) is 22.5. The summed E-state index contributed by atoms with van der Waals surface area (Å²) >= 11 is 0. The molecule has 2 rings (SSSR count). The first-order valence-corrected chi connectivity index (χ1v) is 7.09. The molecule has 5 nitrogen and oxygen atoms in total. The first kappa shape index (κ1) is 14.9. The number of nitrogens with zero attached hydrogens (tertiary/aromatic N) is 1. The lowest BCUT2D eigenvalue weighted by atomic mass is 9.86. The molecule has 5 heteroatoms. The summed E-state index contributed by atoms with van der Waals surface area (Å²) in [6.07, 6.45) is 6.42. The molecular formula is C15H22N2O3. The fourth-order valence-electron chi connectivity index (χ4n) is 2.60. The zero-order valence-electron chi connectivity index (χ0n) is 11.9. The Balaban J connectivity index is 1.88. The van der Waals surface area contributed by atoms with Gasteiger partial charge in [-0.3, -0.25) is 4.98 Å². The van der Waals surface area contributed by atoms with Crippen molar-refractivity contribution in [1.82, 2.24) is 4.98 Å². The molecular weight excluding hydrogens is 256 g/mol. The van der Waals surface area contributed by atoms with Gasteiger partial charge in [0.1, 0.15) is 0 Å². The SMILES string of the molecule is COC(=O)c1ccc(COC2CCCCC2CN)nc1. The molecule has 1 aliphatic rings. The Labute approximate surface area is 119 Å². The smallest absolute Gasteiger partial charge is 0.339 e. The molecule has 0 radical (unpaired) electrons. The Morgan fingerprint density at radius 2 is 2.20 bits per heavy atom. The van der Waals surface area contributed by atoms with Crippen molar-refractivity contribution in [2.45, 2.75) is 38.4 Å². The van der Waals surface area contributed by atoms with E-state index < -0.39 is 0 Å². The first-order valence-electron chi connectivity index (χ1n) is 7.09. The van der Waals surface area contributed by atoms with Crippen molar-refractivity contribution in [2.24, 2.45) is 11.7 Å². The van der Waals surface area contributed by atoms with Gasteiger partial charge in [-0.25, -0.2) is 4.79 Å². The highest BCUT2D eigenvalue weighted by Crippen LogP contribution is 2.26. The summed E-state index contributed by atoms with van der Waals surface area (Å²) in [6.45, 7) is 1.14. The van der Waals surface area contributed by atoms with E-state index >= 15 is 0 Å². The van der Waals surface area contributed by atoms with E-state index in [0.717, 1.165) is 18.5 Å². The zero-order chi connectivity index (χ0) is 14.4. The van der Waals surface area contributed by atoms with Gasteiger partial charge in [-0.1, -0.05) is 12.8 Å². The Morgan fingerprint density at radius 3 is 2.85 bits per heavy atom. The van der Waals surface area contributed by atoms with Crippen molar-refractivity contribution in [2.75, 3.05) is 13.7 Å². The molecule has 0 aromatic carbocycles. The fraction of sp³-hybridized carbons (Fsp3) is 0.600. The zero-order valence-corrected chi connectivity index (χ0v) is 11.9. The Hall–Kier alpha value is -1.46. The summed E-state index contributed by atoms with van der Waals surface area (Å²) in [5.74, 6) is 0.0820. The van der Waals surface area contributed by atoms with Crippen LogP contribution in [-0.4, -0.2) is 30.7 Å². The minimum atomic E-state index is -0.375. The molecule has 1 heterocycles. The average Bonchev–Trinajstić information content (AvgIpc) is 2.53. The number of aromatic nitrogens is 1. The highest BCUT2D eigenvalue weighted by molar-refractivity contribution is 5.88. The summed E-state index contributed by atoms with van der Waals surface area (Å²) in [5, 5.41) is 0. The lowest BCUT2D eigenvalue weighted by Crippen LogP contribution is -2.33. The molecule has 20 heavy (non-hydrogen) atoms. The number of hydrogen-bond acceptors (Lipinski definition) is 5. The minimum Gasteiger partial charge on any atom is -0.465 e. The molecule has 0 amide bonds. The van der Waals surface area contributed by atoms with E-state index in [-0.39, 0.29) is 12.1 Å². The Bertz CT molecular complexity index is 433. The number of esters is 1. The molecule has 2 unspecified atom stereocenters. The van der Waals surface area contributed by atoms with E-state index in [9.17, 15) is 4.79 Å². The summed E-state index contributed by atoms with van der Waals surface area (Å²) in [6, 6.07) is 3.51. The fourth-order valence-corrected chi connectivity index (χ4v) is 2.60. The molecule has 110 valence electrons. The first-order chi connectivity index (χ1) is 9.74. The van der Waals surface area contributed by atoms with Crippen LogP contribution in [0.1, 0.15) is 41.7 Å². The van der Waals surface area contributed by atoms with Gasteiger partial charge < -0.3 is 15.2 Å². The third kappa shape index (κ3) is 3.77. The van der Waals surface area contributed by atoms with Crippen LogP contribution in [0.25, 0.3) is 0 Å². The number of carbonyl (C=O) groups excluding carboxylic acids is 1. The van der Waals surface area contributed by atoms with Gasteiger partial charge in [-0.15, -0.1) is 0 Å². The van der Waals surface area contributed by atoms with Gasteiger partial charge in [-0.05, 0) is 37.4 Å². The Kier molecular flexibility index (Phi) is 5.49. The van der Waals surface area contributed by atoms with Gasteiger partial charge >= 0.3 is 5.97 Å². The molecule has 1 aliphatic carbocycles. The predicted octanol–water partition coefficient (Wildman–Crippen LogP) is 1.90. The summed E-state index contributed by atoms with van der Waals surface area (Å²) < 4.78 is 10.6. The van der Waals surface area contributed by atoms with Crippen LogP contribution in [0.2, 0.25) is 0 Å². The topological polar surface area (TPSA) is 74.4 Å². The predicted molar refractivity (Wildman–Crippen MR) is 75.2 cm³/mol. The van der Waals surface area contributed by atoms with Crippen LogP contribution in [0.5, 0.6) is 0 Å². The van der Waals surface area contributed by atoms with E-state index in [4.69, 9.17) is 10.5 Å². The van der Waals surface area contributed by atoms with Crippen LogP contribution in [0, 0.1) is 5.92 Å². The molecule has 1 aromatic rings. The summed E-state index contributed by atoms with van der Waals surface area (Å²) in [7, 11) is 1.36. The standard InChI is InChI=1S/C15H22N2O3/c1-19-15(18)12-6-7-13(17-9-12)10-20-14-5-3-2-4-11(14)8-16/h6-7,9,11,14H,2-5,8,10,16H2,1H3. The minimum absolute atomic E-state index is 0.232. The molecule has 1 saturated carbocycles. The molecule has 0 spiro atoms. The van der Waals surface area contributed by atoms with E-state index in [1.54, 1.807) is 12.1 Å². The van der Waals surface area contributed by atoms with Crippen molar-refractivity contribution in [1.29, 1.82) is 0 Å². The summed E-state index contributed by atoms with van der Waals surface area (Å²) in [5.41, 5.74) is 7.06. The van der Waals surface area contributed by atoms with Gasteiger partial charge in [0.15, 0.2) is 0 Å². The molecule has 2 atom stereocenters. The van der Waals surface area contributed by atoms with Crippen molar-refractivity contribution in [3.05, 3.63) is 29.6 Å². The summed E-state index contributed by atoms with van der Waals surface area (Å²) in [4.78, 5) is 15.5. The highest BCUT2D eigenvalue weighted by atomic mass is 16.5. The van der Waals surface area contributed by atoms with E-state index in [1.165, 1.54) is 26.1 Å². The number of nitrogens with two attached hydrogens (primary N) is 1. The third-order valence-corrected chi connectivity index (χ3v) is 3.83. The van der Waals surface area contributed by atoms with E-state index in [2.05, 4.69) is 9.72 Å². The van der Waals surface area contributed by atoms with Crippen LogP contribution >= 0.6 is 0 Å². The van der Waals surface area contributed by atoms with Crippen molar-refractivity contribution >= 4 is 5.97 Å². The van der Waals surface area contributed by atoms with Crippen molar-refractivity contribution < 1.29 is 14.3 Å². The number of ether oxygens (including phenoxy) is 2. The quantitative estimate of drug-likeness (QED) is 0.833. The number of pyridine rings is 1. The monoisotopic (exact) mass is 278 g/mol. The molecule has 1 aromatic heterocycles. The van der Waals surface area contributed by atoms with Gasteiger partial charge in [-0.2, -0.15) is 0 Å². The largest absolute Gasteiger partial charge is 0.465 e. The molecule has 0 saturated heterocycles. The second-order valence-corrected chi connectivity index (χ2v) is 5.16. The molecule has 2 N–H and O–H groups in total. The van der Waals surface area contributed by atoms with Crippen LogP contribution in [0.3, 0.4) is 0 Å². The number of methoxy groups -OCH3 is 1. The second-order valence-electron chi connectivity index (χ2n) is 5.16. The van der Waals surface area contributed by atoms with Crippen LogP contribution in [0.15, 0.2) is 18.3 Å². The Morgan fingerprint density at radius 1 is 1.40 bits per heavy atom. The molecule has 0 aliphatic heterocycles. The highest BCUT2D eigenvalue weighted by Gasteiger charge is 2.24. The van der Waals surface area contributed by atoms with Crippen LogP contribution in [0.4, 0.5) is 0 Å². The van der Waals surface area contributed by atoms with Crippen LogP contribution in [-0.2, 0) is 16.1 Å².